The Morgan fingerprint density at radius 1 is 1.53 bits per heavy atom. The van der Waals surface area contributed by atoms with E-state index in [4.69, 9.17) is 21.4 Å². The molecule has 0 aliphatic carbocycles. The summed E-state index contributed by atoms with van der Waals surface area (Å²) in [6, 6.07) is 4.78. The topological polar surface area (TPSA) is 58.6 Å². The van der Waals surface area contributed by atoms with Gasteiger partial charge in [0.1, 0.15) is 5.75 Å². The van der Waals surface area contributed by atoms with Crippen LogP contribution < -0.4 is 10.1 Å². The molecule has 0 aliphatic heterocycles. The molecule has 0 unspecified atom stereocenters. The maximum Gasteiger partial charge on any atom is 0.255 e. The zero-order chi connectivity index (χ0) is 13.1. The molecule has 1 rings (SSSR count). The van der Waals surface area contributed by atoms with E-state index in [2.05, 4.69) is 5.32 Å². The van der Waals surface area contributed by atoms with Gasteiger partial charge in [-0.1, -0.05) is 11.6 Å². The fourth-order valence-corrected chi connectivity index (χ4v) is 1.43. The number of ether oxygens (including phenoxy) is 1. The van der Waals surface area contributed by atoms with Crippen LogP contribution in [0.15, 0.2) is 18.2 Å². The average Bonchev–Trinajstić information content (AvgIpc) is 2.28. The van der Waals surface area contributed by atoms with E-state index in [1.54, 1.807) is 32.0 Å². The molecule has 0 bridgehead atoms. The second-order valence-corrected chi connectivity index (χ2v) is 4.78. The predicted molar refractivity (Wildman–Crippen MR) is 66.6 cm³/mol. The maximum absolute atomic E-state index is 12.0. The largest absolute Gasteiger partial charge is 0.496 e. The van der Waals surface area contributed by atoms with E-state index in [-0.39, 0.29) is 12.5 Å². The molecule has 0 saturated carbocycles. The van der Waals surface area contributed by atoms with Gasteiger partial charge in [-0.15, -0.1) is 0 Å². The normalized spacial score (nSPS) is 11.1. The highest BCUT2D eigenvalue weighted by atomic mass is 35.5. The van der Waals surface area contributed by atoms with Crippen LogP contribution in [-0.4, -0.2) is 30.3 Å². The summed E-state index contributed by atoms with van der Waals surface area (Å²) < 4.78 is 5.09. The van der Waals surface area contributed by atoms with Crippen molar-refractivity contribution in [3.63, 3.8) is 0 Å². The number of rotatable bonds is 4. The Kier molecular flexibility index (Phi) is 4.37. The number of nitrogens with one attached hydrogen (secondary N) is 1. The number of halogens is 1. The first-order chi connectivity index (χ1) is 7.89. The molecule has 0 saturated heterocycles. The monoisotopic (exact) mass is 257 g/mol. The van der Waals surface area contributed by atoms with Gasteiger partial charge >= 0.3 is 0 Å². The summed E-state index contributed by atoms with van der Waals surface area (Å²) in [4.78, 5) is 12.0. The van der Waals surface area contributed by atoms with Gasteiger partial charge in [0.25, 0.3) is 5.91 Å². The van der Waals surface area contributed by atoms with Crippen LogP contribution in [0.3, 0.4) is 0 Å². The minimum atomic E-state index is -0.679. The fraction of sp³-hybridized carbons (Fsp3) is 0.417. The fourth-order valence-electron chi connectivity index (χ4n) is 1.27. The van der Waals surface area contributed by atoms with Gasteiger partial charge in [0.05, 0.1) is 24.8 Å². The van der Waals surface area contributed by atoms with Crippen LogP contribution in [0.5, 0.6) is 5.75 Å². The van der Waals surface area contributed by atoms with Gasteiger partial charge in [0.2, 0.25) is 0 Å². The summed E-state index contributed by atoms with van der Waals surface area (Å²) in [6.45, 7) is 3.31. The SMILES string of the molecule is COc1cc(Cl)ccc1C(=O)NC(C)(C)CO. The van der Waals surface area contributed by atoms with E-state index in [9.17, 15) is 4.79 Å². The molecule has 0 fully saturated rings. The lowest BCUT2D eigenvalue weighted by Gasteiger charge is -2.23. The van der Waals surface area contributed by atoms with Gasteiger partial charge in [-0.25, -0.2) is 0 Å². The Morgan fingerprint density at radius 3 is 2.71 bits per heavy atom. The molecule has 0 aliphatic rings. The zero-order valence-corrected chi connectivity index (χ0v) is 10.8. The molecule has 0 spiro atoms. The average molecular weight is 258 g/mol. The number of aliphatic hydroxyl groups is 1. The third kappa shape index (κ3) is 3.61. The molecule has 2 N–H and O–H groups in total. The highest BCUT2D eigenvalue weighted by Crippen LogP contribution is 2.23. The summed E-state index contributed by atoms with van der Waals surface area (Å²) in [5, 5.41) is 12.3. The number of hydrogen-bond acceptors (Lipinski definition) is 3. The number of carbonyl (C=O) groups excluding carboxylic acids is 1. The molecular formula is C12H16ClNO3. The van der Waals surface area contributed by atoms with Crippen LogP contribution in [0, 0.1) is 0 Å². The number of methoxy groups -OCH3 is 1. The lowest BCUT2D eigenvalue weighted by atomic mass is 10.1. The summed E-state index contributed by atoms with van der Waals surface area (Å²) >= 11 is 5.81. The van der Waals surface area contributed by atoms with Crippen molar-refractivity contribution < 1.29 is 14.6 Å². The molecule has 1 aromatic rings. The van der Waals surface area contributed by atoms with Crippen LogP contribution in [0.2, 0.25) is 5.02 Å². The van der Waals surface area contributed by atoms with E-state index in [1.807, 2.05) is 0 Å². The van der Waals surface area contributed by atoms with Crippen molar-refractivity contribution in [3.8, 4) is 5.75 Å². The first-order valence-corrected chi connectivity index (χ1v) is 5.54. The highest BCUT2D eigenvalue weighted by molar-refractivity contribution is 6.30. The molecule has 1 amide bonds. The van der Waals surface area contributed by atoms with Crippen molar-refractivity contribution in [2.24, 2.45) is 0 Å². The Hall–Kier alpha value is -1.26. The molecule has 5 heteroatoms. The molecule has 94 valence electrons. The first kappa shape index (κ1) is 13.8. The van der Waals surface area contributed by atoms with Gasteiger partial charge in [-0.05, 0) is 32.0 Å². The molecule has 17 heavy (non-hydrogen) atoms. The minimum absolute atomic E-state index is 0.144. The predicted octanol–water partition coefficient (Wildman–Crippen LogP) is 1.85. The Labute approximate surface area is 106 Å². The van der Waals surface area contributed by atoms with Crippen molar-refractivity contribution in [1.82, 2.24) is 5.32 Å². The lowest BCUT2D eigenvalue weighted by molar-refractivity contribution is 0.0866. The van der Waals surface area contributed by atoms with Gasteiger partial charge in [0, 0.05) is 5.02 Å². The summed E-state index contributed by atoms with van der Waals surface area (Å²) in [7, 11) is 1.47. The van der Waals surface area contributed by atoms with Crippen molar-refractivity contribution in [3.05, 3.63) is 28.8 Å². The van der Waals surface area contributed by atoms with E-state index in [0.717, 1.165) is 0 Å². The van der Waals surface area contributed by atoms with E-state index in [0.29, 0.717) is 16.3 Å². The molecular weight excluding hydrogens is 242 g/mol. The summed E-state index contributed by atoms with van der Waals surface area (Å²) in [6.07, 6.45) is 0. The number of aliphatic hydroxyl groups excluding tert-OH is 1. The van der Waals surface area contributed by atoms with Crippen molar-refractivity contribution in [2.45, 2.75) is 19.4 Å². The number of carbonyl (C=O) groups is 1. The molecule has 4 nitrogen and oxygen atoms in total. The Morgan fingerprint density at radius 2 is 2.18 bits per heavy atom. The smallest absolute Gasteiger partial charge is 0.255 e. The molecule has 1 aromatic carbocycles. The Bertz CT molecular complexity index is 418. The zero-order valence-electron chi connectivity index (χ0n) is 10.1. The lowest BCUT2D eigenvalue weighted by Crippen LogP contribution is -2.46. The number of benzene rings is 1. The first-order valence-electron chi connectivity index (χ1n) is 5.16. The quantitative estimate of drug-likeness (QED) is 0.866. The second kappa shape index (κ2) is 5.38. The van der Waals surface area contributed by atoms with Crippen LogP contribution in [0.4, 0.5) is 0 Å². The summed E-state index contributed by atoms with van der Waals surface area (Å²) in [5.74, 6) is 0.0984. The van der Waals surface area contributed by atoms with E-state index < -0.39 is 5.54 Å². The van der Waals surface area contributed by atoms with Crippen LogP contribution in [0.25, 0.3) is 0 Å². The van der Waals surface area contributed by atoms with Gasteiger partial charge in [0.15, 0.2) is 0 Å². The van der Waals surface area contributed by atoms with Crippen LogP contribution >= 0.6 is 11.6 Å². The second-order valence-electron chi connectivity index (χ2n) is 4.34. The van der Waals surface area contributed by atoms with Gasteiger partial charge in [-0.2, -0.15) is 0 Å². The van der Waals surface area contributed by atoms with Crippen LogP contribution in [0.1, 0.15) is 24.2 Å². The molecule has 0 radical (unpaired) electrons. The third-order valence-electron chi connectivity index (χ3n) is 2.26. The van der Waals surface area contributed by atoms with E-state index >= 15 is 0 Å². The Balaban J connectivity index is 2.96. The number of amides is 1. The maximum atomic E-state index is 12.0. The molecule has 0 heterocycles. The third-order valence-corrected chi connectivity index (χ3v) is 2.49. The van der Waals surface area contributed by atoms with Crippen molar-refractivity contribution >= 4 is 17.5 Å². The minimum Gasteiger partial charge on any atom is -0.496 e. The van der Waals surface area contributed by atoms with Crippen molar-refractivity contribution in [1.29, 1.82) is 0 Å². The molecule has 0 atom stereocenters. The van der Waals surface area contributed by atoms with Crippen LogP contribution in [-0.2, 0) is 0 Å². The highest BCUT2D eigenvalue weighted by Gasteiger charge is 2.22. The summed E-state index contributed by atoms with van der Waals surface area (Å²) in [5.41, 5.74) is -0.291. The standard InChI is InChI=1S/C12H16ClNO3/c1-12(2,7-15)14-11(16)9-5-4-8(13)6-10(9)17-3/h4-6,15H,7H2,1-3H3,(H,14,16). The van der Waals surface area contributed by atoms with Crippen molar-refractivity contribution in [2.75, 3.05) is 13.7 Å². The van der Waals surface area contributed by atoms with Gasteiger partial charge in [-0.3, -0.25) is 4.79 Å². The molecule has 0 aromatic heterocycles. The number of hydrogen-bond donors (Lipinski definition) is 2. The van der Waals surface area contributed by atoms with E-state index in [1.165, 1.54) is 7.11 Å². The van der Waals surface area contributed by atoms with Gasteiger partial charge < -0.3 is 15.2 Å².